The highest BCUT2D eigenvalue weighted by atomic mass is 16.5. The summed E-state index contributed by atoms with van der Waals surface area (Å²) < 4.78 is 9.45. The van der Waals surface area contributed by atoms with Gasteiger partial charge in [-0.2, -0.15) is 5.26 Å². The Labute approximate surface area is 92.8 Å². The second-order valence-corrected chi connectivity index (χ2v) is 2.99. The topological polar surface area (TPSA) is 79.6 Å². The molecule has 1 aromatic carbocycles. The molecule has 0 radical (unpaired) electrons. The van der Waals surface area contributed by atoms with Crippen molar-refractivity contribution in [3.05, 3.63) is 29.8 Å². The van der Waals surface area contributed by atoms with E-state index in [0.29, 0.717) is 11.3 Å². The number of aliphatic hydroxyl groups excluding tert-OH is 1. The number of aliphatic hydroxyl groups is 1. The number of nitrogens with zero attached hydrogens (tertiary/aromatic N) is 1. The minimum Gasteiger partial charge on any atom is -0.490 e. The first-order valence-corrected chi connectivity index (χ1v) is 4.56. The fourth-order valence-electron chi connectivity index (χ4n) is 1.00. The molecule has 1 aromatic rings. The largest absolute Gasteiger partial charge is 0.490 e. The maximum atomic E-state index is 10.8. The van der Waals surface area contributed by atoms with Crippen LogP contribution in [0.1, 0.15) is 5.56 Å². The predicted octanol–water partition coefficient (Wildman–Crippen LogP) is 0.471. The normalized spacial score (nSPS) is 11.3. The van der Waals surface area contributed by atoms with Crippen molar-refractivity contribution >= 4 is 5.97 Å². The highest BCUT2D eigenvalue weighted by Crippen LogP contribution is 2.11. The Balaban J connectivity index is 2.49. The van der Waals surface area contributed by atoms with E-state index < -0.39 is 12.1 Å². The van der Waals surface area contributed by atoms with Gasteiger partial charge in [0.2, 0.25) is 0 Å². The van der Waals surface area contributed by atoms with Gasteiger partial charge in [-0.3, -0.25) is 0 Å². The summed E-state index contributed by atoms with van der Waals surface area (Å²) in [5, 5.41) is 17.8. The second kappa shape index (κ2) is 5.73. The van der Waals surface area contributed by atoms with Gasteiger partial charge in [0.25, 0.3) is 0 Å². The summed E-state index contributed by atoms with van der Waals surface area (Å²) in [6.07, 6.45) is -1.30. The molecule has 1 unspecified atom stereocenters. The number of nitriles is 1. The van der Waals surface area contributed by atoms with Crippen molar-refractivity contribution in [2.75, 3.05) is 13.7 Å². The number of rotatable bonds is 4. The Morgan fingerprint density at radius 2 is 2.12 bits per heavy atom. The summed E-state index contributed by atoms with van der Waals surface area (Å²) in [5.41, 5.74) is 0.515. The van der Waals surface area contributed by atoms with Crippen molar-refractivity contribution in [2.45, 2.75) is 6.10 Å². The fourth-order valence-corrected chi connectivity index (χ4v) is 1.00. The minimum absolute atomic E-state index is 0.182. The van der Waals surface area contributed by atoms with Crippen molar-refractivity contribution in [2.24, 2.45) is 0 Å². The quantitative estimate of drug-likeness (QED) is 0.747. The predicted molar refractivity (Wildman–Crippen MR) is 54.7 cm³/mol. The van der Waals surface area contributed by atoms with Gasteiger partial charge in [-0.25, -0.2) is 4.79 Å². The van der Waals surface area contributed by atoms with Crippen LogP contribution in [0.15, 0.2) is 24.3 Å². The summed E-state index contributed by atoms with van der Waals surface area (Å²) in [4.78, 5) is 10.8. The molecule has 1 N–H and O–H groups in total. The van der Waals surface area contributed by atoms with E-state index in [1.165, 1.54) is 7.11 Å². The van der Waals surface area contributed by atoms with Gasteiger partial charge in [0.1, 0.15) is 12.4 Å². The molecule has 1 atom stereocenters. The molecule has 5 nitrogen and oxygen atoms in total. The van der Waals surface area contributed by atoms with E-state index in [-0.39, 0.29) is 6.61 Å². The lowest BCUT2D eigenvalue weighted by atomic mass is 10.2. The average molecular weight is 221 g/mol. The Kier molecular flexibility index (Phi) is 4.30. The van der Waals surface area contributed by atoms with Gasteiger partial charge in [0, 0.05) is 0 Å². The molecular weight excluding hydrogens is 210 g/mol. The third-order valence-corrected chi connectivity index (χ3v) is 1.86. The van der Waals surface area contributed by atoms with Gasteiger partial charge < -0.3 is 14.6 Å². The molecule has 0 saturated heterocycles. The summed E-state index contributed by atoms with van der Waals surface area (Å²) >= 11 is 0. The summed E-state index contributed by atoms with van der Waals surface area (Å²) in [5.74, 6) is -0.268. The molecule has 0 fully saturated rings. The molecule has 0 heterocycles. The van der Waals surface area contributed by atoms with Crippen LogP contribution in [0.3, 0.4) is 0 Å². The van der Waals surface area contributed by atoms with Crippen LogP contribution >= 0.6 is 0 Å². The molecule has 0 aliphatic rings. The molecule has 16 heavy (non-hydrogen) atoms. The molecule has 0 spiro atoms. The lowest BCUT2D eigenvalue weighted by Gasteiger charge is -2.10. The summed E-state index contributed by atoms with van der Waals surface area (Å²) in [7, 11) is 1.19. The number of benzene rings is 1. The van der Waals surface area contributed by atoms with Crippen molar-refractivity contribution in [1.82, 2.24) is 0 Å². The second-order valence-electron chi connectivity index (χ2n) is 2.99. The van der Waals surface area contributed by atoms with Crippen molar-refractivity contribution in [3.8, 4) is 11.8 Å². The standard InChI is InChI=1S/C11H11NO4/c1-15-11(14)10(13)7-16-9-4-2-8(6-12)3-5-9/h2-5,10,13H,7H2,1H3. The third kappa shape index (κ3) is 3.26. The molecule has 1 rings (SSSR count). The van der Waals surface area contributed by atoms with Gasteiger partial charge in [0.05, 0.1) is 18.7 Å². The van der Waals surface area contributed by atoms with Gasteiger partial charge in [-0.05, 0) is 24.3 Å². The maximum absolute atomic E-state index is 10.8. The molecule has 0 aliphatic heterocycles. The highest BCUT2D eigenvalue weighted by Gasteiger charge is 2.15. The molecule has 0 aliphatic carbocycles. The van der Waals surface area contributed by atoms with E-state index in [0.717, 1.165) is 0 Å². The third-order valence-electron chi connectivity index (χ3n) is 1.86. The maximum Gasteiger partial charge on any atom is 0.338 e. The smallest absolute Gasteiger partial charge is 0.338 e. The van der Waals surface area contributed by atoms with Crippen molar-refractivity contribution < 1.29 is 19.4 Å². The molecular formula is C11H11NO4. The van der Waals surface area contributed by atoms with Crippen LogP contribution in [0.5, 0.6) is 5.75 Å². The number of esters is 1. The fraction of sp³-hybridized carbons (Fsp3) is 0.273. The number of carbonyl (C=O) groups excluding carboxylic acids is 1. The highest BCUT2D eigenvalue weighted by molar-refractivity contribution is 5.74. The van der Waals surface area contributed by atoms with Crippen molar-refractivity contribution in [1.29, 1.82) is 5.26 Å². The van der Waals surface area contributed by atoms with Crippen LogP contribution in [0.25, 0.3) is 0 Å². The first-order chi connectivity index (χ1) is 7.67. The lowest BCUT2D eigenvalue weighted by molar-refractivity contribution is -0.151. The van der Waals surface area contributed by atoms with E-state index in [1.807, 2.05) is 6.07 Å². The monoisotopic (exact) mass is 221 g/mol. The van der Waals surface area contributed by atoms with Gasteiger partial charge >= 0.3 is 5.97 Å². The zero-order valence-electron chi connectivity index (χ0n) is 8.71. The van der Waals surface area contributed by atoms with E-state index in [2.05, 4.69) is 4.74 Å². The molecule has 5 heteroatoms. The minimum atomic E-state index is -1.30. The molecule has 0 amide bonds. The Bertz CT molecular complexity index is 393. The lowest BCUT2D eigenvalue weighted by Crippen LogP contribution is -2.28. The number of methoxy groups -OCH3 is 1. The van der Waals surface area contributed by atoms with Gasteiger partial charge in [0.15, 0.2) is 6.10 Å². The molecule has 0 aromatic heterocycles. The van der Waals surface area contributed by atoms with Crippen LogP contribution in [0.2, 0.25) is 0 Å². The van der Waals surface area contributed by atoms with Crippen LogP contribution in [0.4, 0.5) is 0 Å². The zero-order chi connectivity index (χ0) is 12.0. The average Bonchev–Trinajstić information content (AvgIpc) is 2.35. The number of carbonyl (C=O) groups is 1. The number of hydrogen-bond acceptors (Lipinski definition) is 5. The Hall–Kier alpha value is -2.06. The van der Waals surface area contributed by atoms with E-state index in [9.17, 15) is 9.90 Å². The van der Waals surface area contributed by atoms with Crippen LogP contribution in [0, 0.1) is 11.3 Å². The van der Waals surface area contributed by atoms with Gasteiger partial charge in [-0.15, -0.1) is 0 Å². The summed E-state index contributed by atoms with van der Waals surface area (Å²) in [6.45, 7) is -0.182. The number of hydrogen-bond donors (Lipinski definition) is 1. The zero-order valence-corrected chi connectivity index (χ0v) is 8.71. The Morgan fingerprint density at radius 1 is 1.50 bits per heavy atom. The first kappa shape index (κ1) is 12.0. The SMILES string of the molecule is COC(=O)C(O)COc1ccc(C#N)cc1. The van der Waals surface area contributed by atoms with Crippen LogP contribution < -0.4 is 4.74 Å². The first-order valence-electron chi connectivity index (χ1n) is 4.56. The van der Waals surface area contributed by atoms with Crippen LogP contribution in [-0.4, -0.2) is 30.9 Å². The Morgan fingerprint density at radius 3 is 2.62 bits per heavy atom. The van der Waals surface area contributed by atoms with Gasteiger partial charge in [-0.1, -0.05) is 0 Å². The summed E-state index contributed by atoms with van der Waals surface area (Å²) in [6, 6.07) is 8.31. The number of ether oxygens (including phenoxy) is 2. The molecule has 84 valence electrons. The van der Waals surface area contributed by atoms with E-state index in [4.69, 9.17) is 10.00 Å². The molecule has 0 bridgehead atoms. The van der Waals surface area contributed by atoms with E-state index >= 15 is 0 Å². The van der Waals surface area contributed by atoms with Crippen molar-refractivity contribution in [3.63, 3.8) is 0 Å². The molecule has 0 saturated carbocycles. The van der Waals surface area contributed by atoms with Crippen LogP contribution in [-0.2, 0) is 9.53 Å². The van der Waals surface area contributed by atoms with E-state index in [1.54, 1.807) is 24.3 Å².